The third kappa shape index (κ3) is 43.5. The minimum atomic E-state index is 0.372. The van der Waals surface area contributed by atoms with Gasteiger partial charge in [0.1, 0.15) is 0 Å². The summed E-state index contributed by atoms with van der Waals surface area (Å²) in [5.41, 5.74) is 0. The van der Waals surface area contributed by atoms with Crippen LogP contribution in [0.25, 0.3) is 0 Å². The van der Waals surface area contributed by atoms with E-state index in [0.717, 1.165) is 18.3 Å². The minimum Gasteiger partial charge on any atom is -0.396 e. The summed E-state index contributed by atoms with van der Waals surface area (Å²) in [4.78, 5) is 0. The zero-order valence-corrected chi connectivity index (χ0v) is 28.8. The van der Waals surface area contributed by atoms with Crippen LogP contribution in [-0.2, 0) is 0 Å². The van der Waals surface area contributed by atoms with Crippen LogP contribution in [0.2, 0.25) is 0 Å². The van der Waals surface area contributed by atoms with Gasteiger partial charge in [0.2, 0.25) is 0 Å². The van der Waals surface area contributed by atoms with Crippen molar-refractivity contribution >= 4 is 15.9 Å². The molecular formula is C36H75BrO. The lowest BCUT2D eigenvalue weighted by atomic mass is 10.0. The van der Waals surface area contributed by atoms with Gasteiger partial charge in [-0.25, -0.2) is 0 Å². The third-order valence-electron chi connectivity index (χ3n) is 7.85. The number of hydrogen-bond acceptors (Lipinski definition) is 1. The van der Waals surface area contributed by atoms with Gasteiger partial charge >= 0.3 is 0 Å². The maximum atomic E-state index is 8.67. The summed E-state index contributed by atoms with van der Waals surface area (Å²) in [5, 5.41) is 9.86. The van der Waals surface area contributed by atoms with E-state index in [4.69, 9.17) is 5.11 Å². The Morgan fingerprint density at radius 2 is 0.553 bits per heavy atom. The number of unbranched alkanes of at least 4 members (excludes halogenated alkanes) is 24. The van der Waals surface area contributed by atoms with E-state index < -0.39 is 0 Å². The highest BCUT2D eigenvalue weighted by Gasteiger charge is 1.97. The fraction of sp³-hybridized carbons (Fsp3) is 1.00. The van der Waals surface area contributed by atoms with Gasteiger partial charge in [-0.05, 0) is 24.7 Å². The van der Waals surface area contributed by atoms with E-state index in [1.54, 1.807) is 0 Å². The molecule has 0 radical (unpaired) electrons. The summed E-state index contributed by atoms with van der Waals surface area (Å²) in [6.45, 7) is 9.69. The molecule has 0 saturated heterocycles. The lowest BCUT2D eigenvalue weighted by Gasteiger charge is -2.04. The van der Waals surface area contributed by atoms with E-state index in [0.29, 0.717) is 6.61 Å². The van der Waals surface area contributed by atoms with E-state index in [2.05, 4.69) is 43.6 Å². The molecule has 0 atom stereocenters. The second-order valence-electron chi connectivity index (χ2n) is 13.0. The molecule has 0 aromatic heterocycles. The van der Waals surface area contributed by atoms with Crippen molar-refractivity contribution in [2.45, 2.75) is 207 Å². The first kappa shape index (κ1) is 40.6. The highest BCUT2D eigenvalue weighted by Crippen LogP contribution is 2.15. The first-order valence-electron chi connectivity index (χ1n) is 17.7. The van der Waals surface area contributed by atoms with Gasteiger partial charge in [0.25, 0.3) is 0 Å². The summed E-state index contributed by atoms with van der Waals surface area (Å²) < 4.78 is 0. The van der Waals surface area contributed by atoms with Gasteiger partial charge in [-0.2, -0.15) is 0 Å². The van der Waals surface area contributed by atoms with Gasteiger partial charge in [-0.15, -0.1) is 0 Å². The van der Waals surface area contributed by atoms with E-state index in [-0.39, 0.29) is 0 Å². The van der Waals surface area contributed by atoms with Crippen LogP contribution in [0.4, 0.5) is 0 Å². The predicted octanol–water partition coefficient (Wildman–Crippen LogP) is 13.6. The first-order valence-corrected chi connectivity index (χ1v) is 18.8. The number of aliphatic hydroxyl groups is 1. The van der Waals surface area contributed by atoms with E-state index in [9.17, 15) is 0 Å². The lowest BCUT2D eigenvalue weighted by Crippen LogP contribution is -1.87. The molecule has 2 heteroatoms. The van der Waals surface area contributed by atoms with E-state index in [1.165, 1.54) is 179 Å². The molecule has 0 aromatic carbocycles. The Bertz CT molecular complexity index is 346. The molecule has 0 fully saturated rings. The zero-order valence-electron chi connectivity index (χ0n) is 27.2. The van der Waals surface area contributed by atoms with Crippen LogP contribution in [0.15, 0.2) is 0 Å². The average molecular weight is 604 g/mol. The van der Waals surface area contributed by atoms with Crippen LogP contribution < -0.4 is 0 Å². The smallest absolute Gasteiger partial charge is 0.0431 e. The molecular weight excluding hydrogens is 528 g/mol. The number of hydrogen-bond donors (Lipinski definition) is 1. The van der Waals surface area contributed by atoms with Crippen LogP contribution in [-0.4, -0.2) is 17.0 Å². The first-order chi connectivity index (χ1) is 18.5. The van der Waals surface area contributed by atoms with E-state index >= 15 is 0 Å². The Labute approximate surface area is 251 Å². The van der Waals surface area contributed by atoms with Crippen molar-refractivity contribution in [1.29, 1.82) is 0 Å². The molecule has 38 heavy (non-hydrogen) atoms. The molecule has 0 aliphatic rings. The monoisotopic (exact) mass is 603 g/mol. The van der Waals surface area contributed by atoms with Crippen LogP contribution in [0.1, 0.15) is 207 Å². The zero-order chi connectivity index (χ0) is 28.4. The van der Waals surface area contributed by atoms with Crippen molar-refractivity contribution in [1.82, 2.24) is 0 Å². The quantitative estimate of drug-likeness (QED) is 0.0639. The second kappa shape index (κ2) is 37.4. The fourth-order valence-corrected chi connectivity index (χ4v) is 5.60. The topological polar surface area (TPSA) is 20.2 Å². The molecule has 232 valence electrons. The van der Waals surface area contributed by atoms with Crippen molar-refractivity contribution in [3.8, 4) is 0 Å². The third-order valence-corrected chi connectivity index (χ3v) is 8.42. The molecule has 0 unspecified atom stereocenters. The van der Waals surface area contributed by atoms with Crippen LogP contribution in [0, 0.1) is 11.8 Å². The SMILES string of the molecule is CC(C)CCCCCCCCCCCCCCCBr.CC(C)CCCCCCCCCCCCCCCO. The van der Waals surface area contributed by atoms with Crippen molar-refractivity contribution in [3.05, 3.63) is 0 Å². The summed E-state index contributed by atoms with van der Waals surface area (Å²) in [6.07, 6.45) is 39.6. The molecule has 0 bridgehead atoms. The molecule has 1 nitrogen and oxygen atoms in total. The number of aliphatic hydroxyl groups excluding tert-OH is 1. The number of alkyl halides is 1. The van der Waals surface area contributed by atoms with Gasteiger partial charge in [0.15, 0.2) is 0 Å². The average Bonchev–Trinajstić information content (AvgIpc) is 2.89. The Balaban J connectivity index is 0. The maximum absolute atomic E-state index is 8.67. The van der Waals surface area contributed by atoms with Crippen molar-refractivity contribution in [2.24, 2.45) is 11.8 Å². The molecule has 0 heterocycles. The Morgan fingerprint density at radius 3 is 0.763 bits per heavy atom. The van der Waals surface area contributed by atoms with Crippen LogP contribution in [0.3, 0.4) is 0 Å². The molecule has 0 rings (SSSR count). The minimum absolute atomic E-state index is 0.372. The molecule has 0 amide bonds. The number of rotatable bonds is 30. The van der Waals surface area contributed by atoms with Crippen molar-refractivity contribution < 1.29 is 5.11 Å². The molecule has 0 saturated carbocycles. The molecule has 0 aliphatic heterocycles. The Hall–Kier alpha value is 0.440. The number of halogens is 1. The second-order valence-corrected chi connectivity index (χ2v) is 13.8. The van der Waals surface area contributed by atoms with E-state index in [1.807, 2.05) is 0 Å². The Morgan fingerprint density at radius 1 is 0.342 bits per heavy atom. The molecule has 1 N–H and O–H groups in total. The molecule has 0 spiro atoms. The Kier molecular flexibility index (Phi) is 40.0. The van der Waals surface area contributed by atoms with Crippen molar-refractivity contribution in [3.63, 3.8) is 0 Å². The fourth-order valence-electron chi connectivity index (χ4n) is 5.20. The summed E-state index contributed by atoms with van der Waals surface area (Å²) in [7, 11) is 0. The summed E-state index contributed by atoms with van der Waals surface area (Å²) in [6, 6.07) is 0. The van der Waals surface area contributed by atoms with Gasteiger partial charge in [-0.3, -0.25) is 0 Å². The van der Waals surface area contributed by atoms with Crippen LogP contribution in [0.5, 0.6) is 0 Å². The van der Waals surface area contributed by atoms with Crippen LogP contribution >= 0.6 is 15.9 Å². The predicted molar refractivity (Wildman–Crippen MR) is 180 cm³/mol. The maximum Gasteiger partial charge on any atom is 0.0431 e. The lowest BCUT2D eigenvalue weighted by molar-refractivity contribution is 0.282. The standard InChI is InChI=1S/C18H37Br.C18H38O/c2*1-18(2)16-14-12-10-8-6-4-3-5-7-9-11-13-15-17-19/h18H,3-17H2,1-2H3;18-19H,3-17H2,1-2H3. The molecule has 0 aliphatic carbocycles. The normalized spacial score (nSPS) is 11.4. The highest BCUT2D eigenvalue weighted by molar-refractivity contribution is 9.09. The van der Waals surface area contributed by atoms with Crippen molar-refractivity contribution in [2.75, 3.05) is 11.9 Å². The summed E-state index contributed by atoms with van der Waals surface area (Å²) >= 11 is 3.49. The highest BCUT2D eigenvalue weighted by atomic mass is 79.9. The van der Waals surface area contributed by atoms with Gasteiger partial charge in [0.05, 0.1) is 0 Å². The largest absolute Gasteiger partial charge is 0.396 e. The molecule has 0 aromatic rings. The van der Waals surface area contributed by atoms with Gasteiger partial charge in [0, 0.05) is 11.9 Å². The van der Waals surface area contributed by atoms with Gasteiger partial charge in [-0.1, -0.05) is 211 Å². The summed E-state index contributed by atoms with van der Waals surface area (Å²) in [5.74, 6) is 1.78. The van der Waals surface area contributed by atoms with Gasteiger partial charge < -0.3 is 5.11 Å².